The number of hydrogen-bond donors (Lipinski definition) is 0. The molecule has 0 radical (unpaired) electrons. The van der Waals surface area contributed by atoms with Gasteiger partial charge < -0.3 is 28.4 Å². The fraction of sp³-hybridized carbons (Fsp3) is 0.867. The van der Waals surface area contributed by atoms with E-state index in [1.165, 1.54) is 0 Å². The molecule has 0 amide bonds. The summed E-state index contributed by atoms with van der Waals surface area (Å²) in [6, 6.07) is 0. The van der Waals surface area contributed by atoms with Crippen LogP contribution in [0.25, 0.3) is 0 Å². The van der Waals surface area contributed by atoms with Crippen molar-refractivity contribution in [3.63, 3.8) is 0 Å². The first-order valence-electron chi connectivity index (χ1n) is 7.32. The summed E-state index contributed by atoms with van der Waals surface area (Å²) in [4.78, 5) is 0. The number of allylic oxidation sites excluding steroid dienone is 1. The highest BCUT2D eigenvalue weighted by Gasteiger charge is 2.60. The van der Waals surface area contributed by atoms with Crippen LogP contribution in [0.1, 0.15) is 34.6 Å². The predicted molar refractivity (Wildman–Crippen MR) is 73.3 cm³/mol. The highest BCUT2D eigenvalue weighted by atomic mass is 16.9. The molecule has 3 saturated heterocycles. The lowest BCUT2D eigenvalue weighted by atomic mass is 9.99. The van der Waals surface area contributed by atoms with Gasteiger partial charge in [0.25, 0.3) is 0 Å². The van der Waals surface area contributed by atoms with Gasteiger partial charge in [-0.2, -0.15) is 0 Å². The SMILES string of the molecule is C=C(C)OC[C@H]1OC2OC(C)(C)OC2[C@H]2OC(C)(C)O[C@H]21. The van der Waals surface area contributed by atoms with Crippen LogP contribution in [0.2, 0.25) is 0 Å². The minimum Gasteiger partial charge on any atom is -0.496 e. The van der Waals surface area contributed by atoms with Crippen molar-refractivity contribution in [3.05, 3.63) is 12.3 Å². The molecule has 3 aliphatic heterocycles. The van der Waals surface area contributed by atoms with Gasteiger partial charge in [0.1, 0.15) is 31.0 Å². The lowest BCUT2D eigenvalue weighted by Crippen LogP contribution is -2.56. The van der Waals surface area contributed by atoms with E-state index in [0.29, 0.717) is 12.4 Å². The van der Waals surface area contributed by atoms with Crippen LogP contribution in [0.5, 0.6) is 0 Å². The third kappa shape index (κ3) is 2.96. The van der Waals surface area contributed by atoms with Crippen molar-refractivity contribution in [3.8, 4) is 0 Å². The van der Waals surface area contributed by atoms with Crippen LogP contribution >= 0.6 is 0 Å². The van der Waals surface area contributed by atoms with E-state index in [0.717, 1.165) is 0 Å². The van der Waals surface area contributed by atoms with Crippen LogP contribution in [0.4, 0.5) is 0 Å². The van der Waals surface area contributed by atoms with Crippen LogP contribution < -0.4 is 0 Å². The smallest absolute Gasteiger partial charge is 0.190 e. The summed E-state index contributed by atoms with van der Waals surface area (Å²) in [6.07, 6.45) is -1.55. The predicted octanol–water partition coefficient (Wildman–Crippen LogP) is 1.93. The van der Waals surface area contributed by atoms with Crippen molar-refractivity contribution in [2.24, 2.45) is 0 Å². The molecule has 3 fully saturated rings. The molecule has 6 nitrogen and oxygen atoms in total. The average molecular weight is 300 g/mol. The molecule has 0 aliphatic carbocycles. The fourth-order valence-corrected chi connectivity index (χ4v) is 3.05. The van der Waals surface area contributed by atoms with Crippen LogP contribution in [-0.2, 0) is 28.4 Å². The normalized spacial score (nSPS) is 43.2. The molecule has 6 heteroatoms. The zero-order valence-electron chi connectivity index (χ0n) is 13.3. The first-order valence-corrected chi connectivity index (χ1v) is 7.32. The van der Waals surface area contributed by atoms with Crippen molar-refractivity contribution >= 4 is 0 Å². The van der Waals surface area contributed by atoms with Gasteiger partial charge in [0.2, 0.25) is 0 Å². The maximum absolute atomic E-state index is 6.01. The Kier molecular flexibility index (Phi) is 3.58. The maximum atomic E-state index is 6.01. The fourth-order valence-electron chi connectivity index (χ4n) is 3.05. The molecule has 3 aliphatic rings. The van der Waals surface area contributed by atoms with E-state index >= 15 is 0 Å². The summed E-state index contributed by atoms with van der Waals surface area (Å²) < 4.78 is 35.2. The maximum Gasteiger partial charge on any atom is 0.190 e. The monoisotopic (exact) mass is 300 g/mol. The molecule has 2 unspecified atom stereocenters. The summed E-state index contributed by atoms with van der Waals surface area (Å²) in [5, 5.41) is 0. The molecule has 0 N–H and O–H groups in total. The molecule has 3 rings (SSSR count). The molecule has 3 heterocycles. The Labute approximate surface area is 125 Å². The molecule has 0 aromatic rings. The number of hydrogen-bond acceptors (Lipinski definition) is 6. The summed E-state index contributed by atoms with van der Waals surface area (Å²) in [7, 11) is 0. The largest absolute Gasteiger partial charge is 0.496 e. The quantitative estimate of drug-likeness (QED) is 0.742. The molecule has 5 atom stereocenters. The molecule has 0 spiro atoms. The van der Waals surface area contributed by atoms with E-state index in [9.17, 15) is 0 Å². The highest BCUT2D eigenvalue weighted by molar-refractivity contribution is 5.00. The average Bonchev–Trinajstić information content (AvgIpc) is 2.80. The third-order valence-electron chi connectivity index (χ3n) is 3.74. The van der Waals surface area contributed by atoms with E-state index < -0.39 is 17.9 Å². The zero-order chi connectivity index (χ0) is 15.4. The molecular formula is C15H24O6. The van der Waals surface area contributed by atoms with Gasteiger partial charge in [-0.1, -0.05) is 6.58 Å². The lowest BCUT2D eigenvalue weighted by Gasteiger charge is -2.37. The summed E-state index contributed by atoms with van der Waals surface area (Å²) >= 11 is 0. The van der Waals surface area contributed by atoms with Gasteiger partial charge in [0, 0.05) is 0 Å². The second kappa shape index (κ2) is 4.93. The van der Waals surface area contributed by atoms with Crippen molar-refractivity contribution in [2.45, 2.75) is 76.9 Å². The van der Waals surface area contributed by atoms with Crippen molar-refractivity contribution in [1.82, 2.24) is 0 Å². The van der Waals surface area contributed by atoms with E-state index in [-0.39, 0.29) is 24.4 Å². The van der Waals surface area contributed by atoms with Gasteiger partial charge in [-0.25, -0.2) is 0 Å². The molecular weight excluding hydrogens is 276 g/mol. The third-order valence-corrected chi connectivity index (χ3v) is 3.74. The van der Waals surface area contributed by atoms with Crippen molar-refractivity contribution in [1.29, 1.82) is 0 Å². The molecule has 21 heavy (non-hydrogen) atoms. The Bertz CT molecular complexity index is 432. The molecule has 0 aromatic heterocycles. The number of ether oxygens (including phenoxy) is 6. The second-order valence-corrected chi connectivity index (χ2v) is 6.72. The van der Waals surface area contributed by atoms with E-state index in [1.807, 2.05) is 27.7 Å². The van der Waals surface area contributed by atoms with Gasteiger partial charge in [0.05, 0.1) is 5.76 Å². The Morgan fingerprint density at radius 3 is 2.19 bits per heavy atom. The van der Waals surface area contributed by atoms with Gasteiger partial charge in [0.15, 0.2) is 17.9 Å². The van der Waals surface area contributed by atoms with Gasteiger partial charge in [-0.15, -0.1) is 0 Å². The minimum atomic E-state index is -0.694. The topological polar surface area (TPSA) is 55.4 Å². The molecule has 120 valence electrons. The first-order chi connectivity index (χ1) is 9.67. The Hall–Kier alpha value is -0.660. The Morgan fingerprint density at radius 1 is 0.952 bits per heavy atom. The molecule has 0 bridgehead atoms. The second-order valence-electron chi connectivity index (χ2n) is 6.72. The summed E-state index contributed by atoms with van der Waals surface area (Å²) in [6.45, 7) is 13.4. The Morgan fingerprint density at radius 2 is 1.52 bits per heavy atom. The standard InChI is InChI=1S/C15H24O6/c1-8(2)16-7-9-10-11(19-14(3,4)18-10)12-13(17-9)21-15(5,6)20-12/h9-13H,1,7H2,2-6H3/t9-,10+,11+,12?,13?/m1/s1. The van der Waals surface area contributed by atoms with Crippen LogP contribution in [0.3, 0.4) is 0 Å². The van der Waals surface area contributed by atoms with Gasteiger partial charge >= 0.3 is 0 Å². The van der Waals surface area contributed by atoms with E-state index in [1.54, 1.807) is 6.92 Å². The first kappa shape index (κ1) is 15.2. The van der Waals surface area contributed by atoms with Crippen LogP contribution in [-0.4, -0.2) is 48.9 Å². The van der Waals surface area contributed by atoms with Gasteiger partial charge in [-0.3, -0.25) is 0 Å². The summed E-state index contributed by atoms with van der Waals surface area (Å²) in [5.74, 6) is -0.732. The lowest BCUT2D eigenvalue weighted by molar-refractivity contribution is -0.241. The zero-order valence-corrected chi connectivity index (χ0v) is 13.3. The summed E-state index contributed by atoms with van der Waals surface area (Å²) in [5.41, 5.74) is 0. The molecule has 0 saturated carbocycles. The Balaban J connectivity index is 1.80. The van der Waals surface area contributed by atoms with Crippen LogP contribution in [0, 0.1) is 0 Å². The minimum absolute atomic E-state index is 0.237. The number of fused-ring (bicyclic) bond motifs is 3. The van der Waals surface area contributed by atoms with E-state index in [2.05, 4.69) is 6.58 Å². The van der Waals surface area contributed by atoms with Crippen molar-refractivity contribution in [2.75, 3.05) is 6.61 Å². The van der Waals surface area contributed by atoms with E-state index in [4.69, 9.17) is 28.4 Å². The number of rotatable bonds is 3. The van der Waals surface area contributed by atoms with Gasteiger partial charge in [-0.05, 0) is 34.6 Å². The molecule has 0 aromatic carbocycles. The van der Waals surface area contributed by atoms with Crippen molar-refractivity contribution < 1.29 is 28.4 Å². The van der Waals surface area contributed by atoms with Crippen LogP contribution in [0.15, 0.2) is 12.3 Å². The highest BCUT2D eigenvalue weighted by Crippen LogP contribution is 2.44.